The second kappa shape index (κ2) is 14.0. The number of sulfonamides is 1. The van der Waals surface area contributed by atoms with E-state index in [1.54, 1.807) is 54.6 Å². The van der Waals surface area contributed by atoms with Crippen LogP contribution in [0.3, 0.4) is 0 Å². The summed E-state index contributed by atoms with van der Waals surface area (Å²) in [7, 11) is -4.11. The van der Waals surface area contributed by atoms with Gasteiger partial charge in [0.1, 0.15) is 12.6 Å². The molecule has 0 bridgehead atoms. The third kappa shape index (κ3) is 7.85. The van der Waals surface area contributed by atoms with Crippen molar-refractivity contribution in [1.29, 1.82) is 0 Å². The fourth-order valence-corrected chi connectivity index (χ4v) is 6.09. The summed E-state index contributed by atoms with van der Waals surface area (Å²) in [5, 5.41) is 2.97. The van der Waals surface area contributed by atoms with Crippen LogP contribution in [-0.4, -0.2) is 43.8 Å². The molecule has 8 heteroatoms. The number of carbonyl (C=O) groups excluding carboxylic acids is 2. The Labute approximate surface area is 248 Å². The molecule has 0 aliphatic rings. The van der Waals surface area contributed by atoms with Gasteiger partial charge in [0.05, 0.1) is 10.6 Å². The van der Waals surface area contributed by atoms with Crippen LogP contribution in [0.1, 0.15) is 30.5 Å². The fraction of sp³-hybridized carbons (Fsp3) is 0.235. The molecular formula is C34H37N3O4S. The van der Waals surface area contributed by atoms with Crippen LogP contribution in [0.25, 0.3) is 0 Å². The Morgan fingerprint density at radius 2 is 1.26 bits per heavy atom. The van der Waals surface area contributed by atoms with E-state index >= 15 is 0 Å². The first kappa shape index (κ1) is 30.5. The quantitative estimate of drug-likeness (QED) is 0.244. The summed E-state index contributed by atoms with van der Waals surface area (Å²) in [6, 6.07) is 33.0. The normalized spacial score (nSPS) is 12.0. The number of hydrogen-bond donors (Lipinski definition) is 1. The summed E-state index contributed by atoms with van der Waals surface area (Å²) in [4.78, 5) is 29.6. The predicted octanol–water partition coefficient (Wildman–Crippen LogP) is 5.36. The maximum Gasteiger partial charge on any atom is 0.264 e. The van der Waals surface area contributed by atoms with E-state index in [-0.39, 0.29) is 29.8 Å². The zero-order valence-corrected chi connectivity index (χ0v) is 25.0. The van der Waals surface area contributed by atoms with Crippen LogP contribution >= 0.6 is 0 Å². The highest BCUT2D eigenvalue weighted by molar-refractivity contribution is 7.92. The fourth-order valence-electron chi connectivity index (χ4n) is 4.68. The van der Waals surface area contributed by atoms with Crippen molar-refractivity contribution in [3.8, 4) is 0 Å². The van der Waals surface area contributed by atoms with Gasteiger partial charge in [-0.15, -0.1) is 0 Å². The number of carbonyl (C=O) groups is 2. The number of aryl methyl sites for hydroxylation is 1. The predicted molar refractivity (Wildman–Crippen MR) is 166 cm³/mol. The Bertz CT molecular complexity index is 1560. The van der Waals surface area contributed by atoms with Crippen LogP contribution in [-0.2, 0) is 32.6 Å². The van der Waals surface area contributed by atoms with Crippen molar-refractivity contribution in [2.45, 2.75) is 50.7 Å². The second-order valence-corrected chi connectivity index (χ2v) is 12.4. The Morgan fingerprint density at radius 1 is 0.738 bits per heavy atom. The number of rotatable bonds is 12. The maximum atomic E-state index is 14.3. The van der Waals surface area contributed by atoms with Gasteiger partial charge in [-0.05, 0) is 56.2 Å². The van der Waals surface area contributed by atoms with Gasteiger partial charge < -0.3 is 10.2 Å². The zero-order chi connectivity index (χ0) is 30.1. The lowest BCUT2D eigenvalue weighted by molar-refractivity contribution is -0.140. The van der Waals surface area contributed by atoms with Crippen molar-refractivity contribution in [1.82, 2.24) is 10.2 Å². The minimum absolute atomic E-state index is 0.0812. The van der Waals surface area contributed by atoms with E-state index in [1.807, 2.05) is 81.4 Å². The average molecular weight is 584 g/mol. The van der Waals surface area contributed by atoms with Gasteiger partial charge in [0.15, 0.2) is 0 Å². The van der Waals surface area contributed by atoms with Crippen LogP contribution < -0.4 is 9.62 Å². The first-order chi connectivity index (χ1) is 20.1. The average Bonchev–Trinajstić information content (AvgIpc) is 2.99. The van der Waals surface area contributed by atoms with Crippen molar-refractivity contribution in [2.24, 2.45) is 0 Å². The molecule has 218 valence electrons. The van der Waals surface area contributed by atoms with E-state index < -0.39 is 28.5 Å². The number of anilines is 1. The van der Waals surface area contributed by atoms with Gasteiger partial charge in [-0.2, -0.15) is 0 Å². The van der Waals surface area contributed by atoms with Crippen molar-refractivity contribution >= 4 is 27.5 Å². The van der Waals surface area contributed by atoms with Crippen LogP contribution in [0.4, 0.5) is 5.69 Å². The standard InChI is InChI=1S/C34H37N3O4S/c1-26(2)35-34(39)32(23-28-13-7-4-8-14-28)36(24-29-15-9-5-10-16-29)33(38)25-37(30-17-11-6-12-18-30)42(40,41)31-21-19-27(3)20-22-31/h4-22,26,32H,23-25H2,1-3H3,(H,35,39). The summed E-state index contributed by atoms with van der Waals surface area (Å²) < 4.78 is 29.1. The Kier molecular flexibility index (Phi) is 10.1. The van der Waals surface area contributed by atoms with E-state index in [4.69, 9.17) is 0 Å². The molecule has 4 aromatic carbocycles. The smallest absolute Gasteiger partial charge is 0.264 e. The third-order valence-corrected chi connectivity index (χ3v) is 8.62. The molecule has 0 aliphatic heterocycles. The minimum atomic E-state index is -4.11. The summed E-state index contributed by atoms with van der Waals surface area (Å²) in [5.41, 5.74) is 3.00. The molecule has 7 nitrogen and oxygen atoms in total. The number of nitrogens with one attached hydrogen (secondary N) is 1. The van der Waals surface area contributed by atoms with Crippen LogP contribution in [0, 0.1) is 6.92 Å². The molecule has 0 fully saturated rings. The lowest BCUT2D eigenvalue weighted by Crippen LogP contribution is -2.54. The number of benzene rings is 4. The molecule has 2 amide bonds. The highest BCUT2D eigenvalue weighted by atomic mass is 32.2. The summed E-state index contributed by atoms with van der Waals surface area (Å²) in [5.74, 6) is -0.788. The summed E-state index contributed by atoms with van der Waals surface area (Å²) >= 11 is 0. The molecule has 4 rings (SSSR count). The van der Waals surface area contributed by atoms with Gasteiger partial charge in [-0.3, -0.25) is 13.9 Å². The van der Waals surface area contributed by atoms with Gasteiger partial charge in [-0.25, -0.2) is 8.42 Å². The molecule has 4 aromatic rings. The van der Waals surface area contributed by atoms with Gasteiger partial charge in [0, 0.05) is 19.0 Å². The number of amides is 2. The van der Waals surface area contributed by atoms with Crippen molar-refractivity contribution < 1.29 is 18.0 Å². The van der Waals surface area contributed by atoms with Crippen molar-refractivity contribution in [3.05, 3.63) is 132 Å². The molecule has 0 spiro atoms. The highest BCUT2D eigenvalue weighted by Crippen LogP contribution is 2.25. The highest BCUT2D eigenvalue weighted by Gasteiger charge is 2.34. The largest absolute Gasteiger partial charge is 0.352 e. The summed E-state index contributed by atoms with van der Waals surface area (Å²) in [6.45, 7) is 5.27. The van der Waals surface area contributed by atoms with E-state index in [0.29, 0.717) is 5.69 Å². The monoisotopic (exact) mass is 583 g/mol. The van der Waals surface area contributed by atoms with Gasteiger partial charge >= 0.3 is 0 Å². The molecule has 0 radical (unpaired) electrons. The first-order valence-electron chi connectivity index (χ1n) is 14.0. The lowest BCUT2D eigenvalue weighted by Gasteiger charge is -2.34. The number of nitrogens with zero attached hydrogens (tertiary/aromatic N) is 2. The number of hydrogen-bond acceptors (Lipinski definition) is 4. The molecule has 0 saturated carbocycles. The molecule has 1 atom stereocenters. The van der Waals surface area contributed by atoms with E-state index in [0.717, 1.165) is 21.0 Å². The number of para-hydroxylation sites is 1. The Balaban J connectivity index is 1.77. The molecule has 1 N–H and O–H groups in total. The third-order valence-electron chi connectivity index (χ3n) is 6.83. The Morgan fingerprint density at radius 3 is 1.81 bits per heavy atom. The summed E-state index contributed by atoms with van der Waals surface area (Å²) in [6.07, 6.45) is 0.272. The SMILES string of the molecule is Cc1ccc(S(=O)(=O)N(CC(=O)N(Cc2ccccc2)C(Cc2ccccc2)C(=O)NC(C)C)c2ccccc2)cc1. The molecular weight excluding hydrogens is 546 g/mol. The molecule has 1 unspecified atom stereocenters. The Hall–Kier alpha value is -4.43. The molecule has 0 aromatic heterocycles. The topological polar surface area (TPSA) is 86.8 Å². The molecule has 0 aliphatic carbocycles. The van der Waals surface area contributed by atoms with E-state index in [2.05, 4.69) is 5.32 Å². The minimum Gasteiger partial charge on any atom is -0.352 e. The van der Waals surface area contributed by atoms with Crippen LogP contribution in [0.15, 0.2) is 120 Å². The van der Waals surface area contributed by atoms with E-state index in [1.165, 1.54) is 4.90 Å². The van der Waals surface area contributed by atoms with Gasteiger partial charge in [-0.1, -0.05) is 96.6 Å². The van der Waals surface area contributed by atoms with E-state index in [9.17, 15) is 18.0 Å². The lowest BCUT2D eigenvalue weighted by atomic mass is 10.0. The molecule has 42 heavy (non-hydrogen) atoms. The van der Waals surface area contributed by atoms with Gasteiger partial charge in [0.25, 0.3) is 10.0 Å². The van der Waals surface area contributed by atoms with Crippen LogP contribution in [0.5, 0.6) is 0 Å². The van der Waals surface area contributed by atoms with Crippen molar-refractivity contribution in [3.63, 3.8) is 0 Å². The van der Waals surface area contributed by atoms with Gasteiger partial charge in [0.2, 0.25) is 11.8 Å². The van der Waals surface area contributed by atoms with Crippen molar-refractivity contribution in [2.75, 3.05) is 10.8 Å². The second-order valence-electron chi connectivity index (χ2n) is 10.5. The molecule has 0 heterocycles. The maximum absolute atomic E-state index is 14.3. The van der Waals surface area contributed by atoms with Crippen LogP contribution in [0.2, 0.25) is 0 Å². The zero-order valence-electron chi connectivity index (χ0n) is 24.2. The molecule has 0 saturated heterocycles. The first-order valence-corrected chi connectivity index (χ1v) is 15.4.